The molecule has 1 heterocycles. The normalized spacial score (nSPS) is 10.6. The predicted octanol–water partition coefficient (Wildman–Crippen LogP) is 4.82. The molecule has 0 bridgehead atoms. The number of carbonyl (C=O) groups is 1. The monoisotopic (exact) mass is 448 g/mol. The number of nitro benzene ring substituents is 1. The van der Waals surface area contributed by atoms with Crippen molar-refractivity contribution in [1.29, 1.82) is 0 Å². The van der Waals surface area contributed by atoms with Crippen LogP contribution < -0.4 is 5.32 Å². The van der Waals surface area contributed by atoms with Crippen molar-refractivity contribution in [2.75, 3.05) is 5.32 Å². The molecule has 0 aliphatic heterocycles. The van der Waals surface area contributed by atoms with Gasteiger partial charge in [-0.15, -0.1) is 0 Å². The molecule has 0 spiro atoms. The zero-order valence-electron chi connectivity index (χ0n) is 14.1. The van der Waals surface area contributed by atoms with Gasteiger partial charge in [0.05, 0.1) is 15.9 Å². The summed E-state index contributed by atoms with van der Waals surface area (Å²) >= 11 is 9.53. The van der Waals surface area contributed by atoms with Crippen LogP contribution >= 0.6 is 27.5 Å². The molecule has 1 aromatic heterocycles. The fourth-order valence-corrected chi connectivity index (χ4v) is 3.22. The molecule has 27 heavy (non-hydrogen) atoms. The van der Waals surface area contributed by atoms with Gasteiger partial charge in [0, 0.05) is 28.4 Å². The molecular formula is C18H14BrClN4O3. The summed E-state index contributed by atoms with van der Waals surface area (Å²) in [4.78, 5) is 23.1. The molecule has 7 nitrogen and oxygen atoms in total. The number of benzene rings is 2. The number of nitrogens with zero attached hydrogens (tertiary/aromatic N) is 3. The highest BCUT2D eigenvalue weighted by Crippen LogP contribution is 2.25. The Morgan fingerprint density at radius 3 is 2.74 bits per heavy atom. The number of halogens is 2. The smallest absolute Gasteiger partial charge is 0.273 e. The molecule has 138 valence electrons. The van der Waals surface area contributed by atoms with E-state index in [4.69, 9.17) is 11.6 Å². The van der Waals surface area contributed by atoms with Gasteiger partial charge in [-0.2, -0.15) is 5.10 Å². The lowest BCUT2D eigenvalue weighted by Gasteiger charge is -2.07. The van der Waals surface area contributed by atoms with E-state index in [-0.39, 0.29) is 11.3 Å². The number of nitrogens with one attached hydrogen (secondary N) is 1. The molecule has 2 aromatic carbocycles. The number of nitro groups is 1. The summed E-state index contributed by atoms with van der Waals surface area (Å²) in [5.74, 6) is -0.155. The Hall–Kier alpha value is -2.71. The van der Waals surface area contributed by atoms with Crippen LogP contribution in [0.25, 0.3) is 0 Å². The van der Waals surface area contributed by atoms with E-state index in [2.05, 4.69) is 26.3 Å². The van der Waals surface area contributed by atoms with Crippen LogP contribution in [0.1, 0.15) is 21.5 Å². The highest BCUT2D eigenvalue weighted by atomic mass is 79.9. The van der Waals surface area contributed by atoms with Crippen molar-refractivity contribution in [3.05, 3.63) is 85.0 Å². The first kappa shape index (κ1) is 19.1. The molecule has 0 saturated heterocycles. The second kappa shape index (κ2) is 7.89. The van der Waals surface area contributed by atoms with Crippen molar-refractivity contribution in [3.63, 3.8) is 0 Å². The largest absolute Gasteiger partial charge is 0.304 e. The summed E-state index contributed by atoms with van der Waals surface area (Å²) in [6.45, 7) is 1.97. The van der Waals surface area contributed by atoms with Gasteiger partial charge in [-0.1, -0.05) is 35.9 Å². The number of anilines is 1. The van der Waals surface area contributed by atoms with Crippen LogP contribution in [0.4, 0.5) is 11.5 Å². The Bertz CT molecular complexity index is 1040. The van der Waals surface area contributed by atoms with Gasteiger partial charge >= 0.3 is 0 Å². The third-order valence-corrected chi connectivity index (χ3v) is 4.93. The minimum Gasteiger partial charge on any atom is -0.304 e. The first-order chi connectivity index (χ1) is 12.9. The number of hydrogen-bond acceptors (Lipinski definition) is 4. The molecule has 0 aliphatic rings. The molecule has 0 radical (unpaired) electrons. The van der Waals surface area contributed by atoms with Gasteiger partial charge in [0.15, 0.2) is 5.82 Å². The van der Waals surface area contributed by atoms with Crippen molar-refractivity contribution in [3.8, 4) is 0 Å². The molecule has 3 rings (SSSR count). The Balaban J connectivity index is 1.82. The molecule has 0 saturated carbocycles. The summed E-state index contributed by atoms with van der Waals surface area (Å²) in [5, 5.41) is 18.7. The van der Waals surface area contributed by atoms with Crippen LogP contribution in [0, 0.1) is 17.0 Å². The molecule has 1 N–H and O–H groups in total. The fourth-order valence-electron chi connectivity index (χ4n) is 2.61. The number of amides is 1. The van der Waals surface area contributed by atoms with E-state index in [1.54, 1.807) is 16.9 Å². The van der Waals surface area contributed by atoms with E-state index >= 15 is 0 Å². The van der Waals surface area contributed by atoms with Crippen LogP contribution in [0.15, 0.2) is 53.1 Å². The van der Waals surface area contributed by atoms with E-state index in [9.17, 15) is 14.9 Å². The molecule has 3 aromatic rings. The zero-order chi connectivity index (χ0) is 19.6. The van der Waals surface area contributed by atoms with Gasteiger partial charge in [-0.3, -0.25) is 19.6 Å². The number of aromatic nitrogens is 2. The van der Waals surface area contributed by atoms with Crippen LogP contribution in [-0.2, 0) is 6.54 Å². The first-order valence-corrected chi connectivity index (χ1v) is 9.05. The third-order valence-electron chi connectivity index (χ3n) is 3.99. The molecule has 0 atom stereocenters. The lowest BCUT2D eigenvalue weighted by molar-refractivity contribution is -0.385. The Morgan fingerprint density at radius 1 is 1.30 bits per heavy atom. The van der Waals surface area contributed by atoms with E-state index in [1.165, 1.54) is 25.1 Å². The molecule has 9 heteroatoms. The van der Waals surface area contributed by atoms with Gasteiger partial charge in [0.25, 0.3) is 11.6 Å². The summed E-state index contributed by atoms with van der Waals surface area (Å²) in [6, 6.07) is 11.8. The third kappa shape index (κ3) is 4.17. The molecule has 1 amide bonds. The van der Waals surface area contributed by atoms with Crippen molar-refractivity contribution >= 4 is 44.9 Å². The maximum absolute atomic E-state index is 12.6. The Labute approximate surface area is 168 Å². The van der Waals surface area contributed by atoms with Gasteiger partial charge in [-0.05, 0) is 40.5 Å². The Morgan fingerprint density at radius 2 is 2.04 bits per heavy atom. The average Bonchev–Trinajstić information content (AvgIpc) is 2.96. The van der Waals surface area contributed by atoms with Crippen molar-refractivity contribution < 1.29 is 9.72 Å². The van der Waals surface area contributed by atoms with E-state index in [0.717, 1.165) is 5.56 Å². The maximum Gasteiger partial charge on any atom is 0.273 e. The standard InChI is InChI=1S/C18H14BrClN4O3/c1-11-13(6-4-8-16(11)24(26)27)18(25)21-17-14(19)10-23(22-17)9-12-5-2-3-7-15(12)20/h2-8,10H,9H2,1H3,(H,21,22,25). The topological polar surface area (TPSA) is 90.1 Å². The van der Waals surface area contributed by atoms with Crippen LogP contribution in [-0.4, -0.2) is 20.6 Å². The zero-order valence-corrected chi connectivity index (χ0v) is 16.5. The average molecular weight is 450 g/mol. The van der Waals surface area contributed by atoms with Crippen molar-refractivity contribution in [2.45, 2.75) is 13.5 Å². The molecule has 0 fully saturated rings. The van der Waals surface area contributed by atoms with Crippen molar-refractivity contribution in [2.24, 2.45) is 0 Å². The molecule has 0 unspecified atom stereocenters. The maximum atomic E-state index is 12.6. The lowest BCUT2D eigenvalue weighted by atomic mass is 10.1. The number of hydrogen-bond donors (Lipinski definition) is 1. The van der Waals surface area contributed by atoms with Crippen LogP contribution in [0.3, 0.4) is 0 Å². The van der Waals surface area contributed by atoms with E-state index in [0.29, 0.717) is 27.4 Å². The predicted molar refractivity (Wildman–Crippen MR) is 106 cm³/mol. The number of rotatable bonds is 5. The summed E-state index contributed by atoms with van der Waals surface area (Å²) in [7, 11) is 0. The Kier molecular flexibility index (Phi) is 5.57. The van der Waals surface area contributed by atoms with E-state index < -0.39 is 10.8 Å². The van der Waals surface area contributed by atoms with Gasteiger partial charge < -0.3 is 5.32 Å². The van der Waals surface area contributed by atoms with Gasteiger partial charge in [0.2, 0.25) is 0 Å². The second-order valence-corrected chi connectivity index (χ2v) is 7.04. The molecular weight excluding hydrogens is 436 g/mol. The van der Waals surface area contributed by atoms with Crippen molar-refractivity contribution in [1.82, 2.24) is 9.78 Å². The fraction of sp³-hybridized carbons (Fsp3) is 0.111. The highest BCUT2D eigenvalue weighted by Gasteiger charge is 2.19. The minimum absolute atomic E-state index is 0.106. The second-order valence-electron chi connectivity index (χ2n) is 5.78. The van der Waals surface area contributed by atoms with Crippen LogP contribution in [0.2, 0.25) is 5.02 Å². The summed E-state index contributed by atoms with van der Waals surface area (Å²) in [5.41, 5.74) is 1.30. The minimum atomic E-state index is -0.514. The summed E-state index contributed by atoms with van der Waals surface area (Å²) < 4.78 is 2.23. The van der Waals surface area contributed by atoms with Gasteiger partial charge in [-0.25, -0.2) is 0 Å². The van der Waals surface area contributed by atoms with E-state index in [1.807, 2.05) is 18.2 Å². The SMILES string of the molecule is Cc1c(C(=O)Nc2nn(Cc3ccccc3Cl)cc2Br)cccc1[N+](=O)[O-]. The summed E-state index contributed by atoms with van der Waals surface area (Å²) in [6.07, 6.45) is 1.72. The lowest BCUT2D eigenvalue weighted by Crippen LogP contribution is -2.15. The van der Waals surface area contributed by atoms with Crippen LogP contribution in [0.5, 0.6) is 0 Å². The first-order valence-electron chi connectivity index (χ1n) is 7.88. The van der Waals surface area contributed by atoms with Gasteiger partial charge in [0.1, 0.15) is 0 Å². The molecule has 0 aliphatic carbocycles. The quantitative estimate of drug-likeness (QED) is 0.447. The number of carbonyl (C=O) groups excluding carboxylic acids is 1. The highest BCUT2D eigenvalue weighted by molar-refractivity contribution is 9.10.